The number of sulfonamides is 1. The third-order valence-electron chi connectivity index (χ3n) is 5.76. The summed E-state index contributed by atoms with van der Waals surface area (Å²) in [6.45, 7) is 0.473. The molecule has 0 aliphatic heterocycles. The minimum atomic E-state index is -3.95. The van der Waals surface area contributed by atoms with Gasteiger partial charge in [0.15, 0.2) is 0 Å². The number of carbonyl (C=O) groups is 1. The molecule has 1 amide bonds. The zero-order valence-electron chi connectivity index (χ0n) is 20.4. The van der Waals surface area contributed by atoms with Gasteiger partial charge in [0.25, 0.3) is 15.9 Å². The van der Waals surface area contributed by atoms with E-state index in [-0.39, 0.29) is 22.9 Å². The topological polar surface area (TPSA) is 66.5 Å². The second-order valence-electron chi connectivity index (χ2n) is 8.34. The summed E-state index contributed by atoms with van der Waals surface area (Å²) in [5.74, 6) is 0.898. The van der Waals surface area contributed by atoms with Gasteiger partial charge in [0.05, 0.1) is 22.7 Å². The standard InChI is InChI=1S/C29H26Cl2N2O3S2/c30-26-15-9-16-27(31)25(26)21-37-19-18-32-29(34)24-14-7-8-17-28(24)33(20-22-10-3-1-4-11-22)38(35,36)23-12-5-2-6-13-23/h1-17H,18-21H2,(H,32,34). The van der Waals surface area contributed by atoms with E-state index in [1.807, 2.05) is 30.3 Å². The van der Waals surface area contributed by atoms with Gasteiger partial charge in [0.2, 0.25) is 0 Å². The van der Waals surface area contributed by atoms with Crippen molar-refractivity contribution in [3.05, 3.63) is 130 Å². The average Bonchev–Trinajstić information content (AvgIpc) is 2.94. The fourth-order valence-electron chi connectivity index (χ4n) is 3.83. The Labute approximate surface area is 237 Å². The molecule has 5 nitrogen and oxygen atoms in total. The van der Waals surface area contributed by atoms with Crippen molar-refractivity contribution >= 4 is 56.6 Å². The first-order valence-electron chi connectivity index (χ1n) is 11.9. The van der Waals surface area contributed by atoms with Crippen molar-refractivity contribution in [2.24, 2.45) is 0 Å². The summed E-state index contributed by atoms with van der Waals surface area (Å²) in [6, 6.07) is 29.7. The van der Waals surface area contributed by atoms with E-state index in [1.54, 1.807) is 84.6 Å². The fourth-order valence-corrected chi connectivity index (χ4v) is 6.92. The Bertz CT molecular complexity index is 1460. The van der Waals surface area contributed by atoms with Gasteiger partial charge in [-0.15, -0.1) is 0 Å². The number of benzene rings is 4. The number of hydrogen-bond donors (Lipinski definition) is 1. The van der Waals surface area contributed by atoms with Crippen molar-refractivity contribution in [2.45, 2.75) is 17.2 Å². The van der Waals surface area contributed by atoms with Crippen LogP contribution in [0.4, 0.5) is 5.69 Å². The van der Waals surface area contributed by atoms with E-state index >= 15 is 0 Å². The molecular formula is C29H26Cl2N2O3S2. The molecule has 0 saturated heterocycles. The van der Waals surface area contributed by atoms with Crippen LogP contribution in [0.3, 0.4) is 0 Å². The highest BCUT2D eigenvalue weighted by Crippen LogP contribution is 2.30. The predicted octanol–water partition coefficient (Wildman–Crippen LogP) is 7.05. The van der Waals surface area contributed by atoms with Gasteiger partial charge < -0.3 is 5.32 Å². The first-order chi connectivity index (χ1) is 18.4. The number of nitrogens with zero attached hydrogens (tertiary/aromatic N) is 1. The normalized spacial score (nSPS) is 11.2. The lowest BCUT2D eigenvalue weighted by molar-refractivity contribution is 0.0957. The Morgan fingerprint density at radius 3 is 2.08 bits per heavy atom. The van der Waals surface area contributed by atoms with Crippen LogP contribution in [0.15, 0.2) is 108 Å². The van der Waals surface area contributed by atoms with Crippen LogP contribution in [0.2, 0.25) is 10.0 Å². The van der Waals surface area contributed by atoms with Crippen LogP contribution < -0.4 is 9.62 Å². The molecule has 4 aromatic rings. The van der Waals surface area contributed by atoms with E-state index in [9.17, 15) is 13.2 Å². The Kier molecular flexibility index (Phi) is 9.74. The smallest absolute Gasteiger partial charge is 0.264 e. The first kappa shape index (κ1) is 28.0. The summed E-state index contributed by atoms with van der Waals surface area (Å²) in [4.78, 5) is 13.4. The van der Waals surface area contributed by atoms with Gasteiger partial charge in [0, 0.05) is 28.1 Å². The maximum absolute atomic E-state index is 13.8. The molecule has 0 spiro atoms. The third kappa shape index (κ3) is 6.91. The molecule has 0 radical (unpaired) electrons. The van der Waals surface area contributed by atoms with Gasteiger partial charge in [-0.25, -0.2) is 8.42 Å². The fraction of sp³-hybridized carbons (Fsp3) is 0.138. The second-order valence-corrected chi connectivity index (χ2v) is 12.1. The molecule has 0 bridgehead atoms. The Hall–Kier alpha value is -2.97. The van der Waals surface area contributed by atoms with Crippen LogP contribution in [-0.4, -0.2) is 26.6 Å². The lowest BCUT2D eigenvalue weighted by atomic mass is 10.1. The molecule has 0 fully saturated rings. The van der Waals surface area contributed by atoms with Gasteiger partial charge in [-0.1, -0.05) is 89.9 Å². The molecule has 0 atom stereocenters. The number of thioether (sulfide) groups is 1. The van der Waals surface area contributed by atoms with Crippen molar-refractivity contribution in [1.82, 2.24) is 5.32 Å². The summed E-state index contributed by atoms with van der Waals surface area (Å²) >= 11 is 14.1. The molecule has 0 saturated carbocycles. The van der Waals surface area contributed by atoms with Gasteiger partial charge >= 0.3 is 0 Å². The summed E-state index contributed by atoms with van der Waals surface area (Å²) in [5, 5.41) is 4.14. The zero-order chi connectivity index (χ0) is 27.0. The highest BCUT2D eigenvalue weighted by Gasteiger charge is 2.28. The molecule has 1 N–H and O–H groups in total. The highest BCUT2D eigenvalue weighted by atomic mass is 35.5. The predicted molar refractivity (Wildman–Crippen MR) is 158 cm³/mol. The molecule has 4 aromatic carbocycles. The molecule has 0 aliphatic carbocycles. The van der Waals surface area contributed by atoms with Gasteiger partial charge in [-0.05, 0) is 47.5 Å². The molecule has 0 unspecified atom stereocenters. The number of para-hydroxylation sites is 1. The highest BCUT2D eigenvalue weighted by molar-refractivity contribution is 7.98. The van der Waals surface area contributed by atoms with Crippen molar-refractivity contribution in [1.29, 1.82) is 0 Å². The maximum Gasteiger partial charge on any atom is 0.264 e. The number of hydrogen-bond acceptors (Lipinski definition) is 4. The second kappa shape index (κ2) is 13.2. The first-order valence-corrected chi connectivity index (χ1v) is 15.2. The van der Waals surface area contributed by atoms with Crippen molar-refractivity contribution in [2.75, 3.05) is 16.6 Å². The summed E-state index contributed by atoms with van der Waals surface area (Å²) in [6.07, 6.45) is 0. The number of rotatable bonds is 11. The molecular weight excluding hydrogens is 559 g/mol. The third-order valence-corrected chi connectivity index (χ3v) is 9.23. The van der Waals surface area contributed by atoms with Gasteiger partial charge in [-0.2, -0.15) is 11.8 Å². The van der Waals surface area contributed by atoms with E-state index < -0.39 is 10.0 Å². The molecule has 9 heteroatoms. The number of amides is 1. The Morgan fingerprint density at radius 2 is 1.39 bits per heavy atom. The Balaban J connectivity index is 1.52. The van der Waals surface area contributed by atoms with Crippen LogP contribution in [0.25, 0.3) is 0 Å². The minimum Gasteiger partial charge on any atom is -0.351 e. The van der Waals surface area contributed by atoms with Crippen LogP contribution in [-0.2, 0) is 22.3 Å². The minimum absolute atomic E-state index is 0.0802. The van der Waals surface area contributed by atoms with Crippen LogP contribution in [0.5, 0.6) is 0 Å². The molecule has 0 heterocycles. The number of carbonyl (C=O) groups excluding carboxylic acids is 1. The largest absolute Gasteiger partial charge is 0.351 e. The number of nitrogens with one attached hydrogen (secondary N) is 1. The average molecular weight is 586 g/mol. The lowest BCUT2D eigenvalue weighted by Crippen LogP contribution is -2.34. The molecule has 38 heavy (non-hydrogen) atoms. The van der Waals surface area contributed by atoms with Gasteiger partial charge in [0.1, 0.15) is 0 Å². The van der Waals surface area contributed by atoms with Crippen molar-refractivity contribution in [3.8, 4) is 0 Å². The summed E-state index contributed by atoms with van der Waals surface area (Å²) in [5.41, 5.74) is 2.26. The van der Waals surface area contributed by atoms with Crippen molar-refractivity contribution in [3.63, 3.8) is 0 Å². The summed E-state index contributed by atoms with van der Waals surface area (Å²) in [7, 11) is -3.95. The zero-order valence-corrected chi connectivity index (χ0v) is 23.5. The molecule has 0 aliphatic rings. The van der Waals surface area contributed by atoms with Crippen LogP contribution >= 0.6 is 35.0 Å². The van der Waals surface area contributed by atoms with Crippen molar-refractivity contribution < 1.29 is 13.2 Å². The van der Waals surface area contributed by atoms with Crippen LogP contribution in [0, 0.1) is 0 Å². The van der Waals surface area contributed by atoms with E-state index in [4.69, 9.17) is 23.2 Å². The summed E-state index contributed by atoms with van der Waals surface area (Å²) < 4.78 is 28.8. The lowest BCUT2D eigenvalue weighted by Gasteiger charge is -2.26. The molecule has 196 valence electrons. The quantitative estimate of drug-likeness (QED) is 0.192. The maximum atomic E-state index is 13.8. The number of anilines is 1. The monoisotopic (exact) mass is 584 g/mol. The molecule has 0 aromatic heterocycles. The van der Waals surface area contributed by atoms with E-state index in [1.165, 1.54) is 4.31 Å². The van der Waals surface area contributed by atoms with E-state index in [0.29, 0.717) is 33.8 Å². The van der Waals surface area contributed by atoms with E-state index in [2.05, 4.69) is 5.32 Å². The van der Waals surface area contributed by atoms with E-state index in [0.717, 1.165) is 11.1 Å². The van der Waals surface area contributed by atoms with Gasteiger partial charge in [-0.3, -0.25) is 9.10 Å². The molecule has 4 rings (SSSR count). The van der Waals surface area contributed by atoms with Crippen LogP contribution in [0.1, 0.15) is 21.5 Å². The number of halogens is 2. The SMILES string of the molecule is O=C(NCCSCc1c(Cl)cccc1Cl)c1ccccc1N(Cc1ccccc1)S(=O)(=O)c1ccccc1. The Morgan fingerprint density at radius 1 is 0.789 bits per heavy atom.